The highest BCUT2D eigenvalue weighted by Crippen LogP contribution is 2.41. The van der Waals surface area contributed by atoms with E-state index in [0.717, 1.165) is 13.1 Å². The molecule has 4 heterocycles. The van der Waals surface area contributed by atoms with Crippen molar-refractivity contribution in [3.05, 3.63) is 12.4 Å². The highest BCUT2D eigenvalue weighted by Gasteiger charge is 2.34. The second-order valence-corrected chi connectivity index (χ2v) is 6.71. The molecule has 0 N–H and O–H groups in total. The minimum atomic E-state index is -0.461. The summed E-state index contributed by atoms with van der Waals surface area (Å²) in [5, 5.41) is 0. The average molecular weight is 359 g/mol. The Bertz CT molecular complexity index is 790. The average Bonchev–Trinajstić information content (AvgIpc) is 2.67. The summed E-state index contributed by atoms with van der Waals surface area (Å²) in [6.45, 7) is 7.11. The molecule has 2 aromatic rings. The van der Waals surface area contributed by atoms with Gasteiger partial charge in [0.05, 0.1) is 25.9 Å². The van der Waals surface area contributed by atoms with Crippen molar-refractivity contribution in [2.45, 2.75) is 19.4 Å². The van der Waals surface area contributed by atoms with Gasteiger partial charge in [0.2, 0.25) is 5.75 Å². The molecule has 2 aliphatic rings. The monoisotopic (exact) mass is 359 g/mol. The van der Waals surface area contributed by atoms with Crippen LogP contribution in [0.5, 0.6) is 17.6 Å². The summed E-state index contributed by atoms with van der Waals surface area (Å²) in [7, 11) is 1.52. The zero-order chi connectivity index (χ0) is 18.1. The lowest BCUT2D eigenvalue weighted by Gasteiger charge is -2.35. The number of ether oxygens (including phenoxy) is 4. The van der Waals surface area contributed by atoms with Crippen molar-refractivity contribution >= 4 is 5.82 Å². The Hall–Kier alpha value is -2.68. The molecule has 0 aromatic carbocycles. The van der Waals surface area contributed by atoms with Gasteiger partial charge in [-0.05, 0) is 13.8 Å². The van der Waals surface area contributed by atoms with Crippen molar-refractivity contribution in [3.8, 4) is 29.0 Å². The number of rotatable bonds is 3. The van der Waals surface area contributed by atoms with Crippen LogP contribution in [0.15, 0.2) is 12.4 Å². The maximum atomic E-state index is 6.06. The van der Waals surface area contributed by atoms with Crippen molar-refractivity contribution in [3.63, 3.8) is 0 Å². The molecule has 0 saturated carbocycles. The summed E-state index contributed by atoms with van der Waals surface area (Å²) in [4.78, 5) is 19.7. The third kappa shape index (κ3) is 3.22. The number of methoxy groups -OCH3 is 1. The van der Waals surface area contributed by atoms with Gasteiger partial charge in [0.15, 0.2) is 11.6 Å². The zero-order valence-electron chi connectivity index (χ0n) is 15.1. The van der Waals surface area contributed by atoms with E-state index < -0.39 is 5.60 Å². The molecule has 26 heavy (non-hydrogen) atoms. The first-order chi connectivity index (χ1) is 12.6. The highest BCUT2D eigenvalue weighted by atomic mass is 16.6. The molecule has 0 aliphatic carbocycles. The Morgan fingerprint density at radius 2 is 1.85 bits per heavy atom. The third-order valence-corrected chi connectivity index (χ3v) is 4.13. The minimum Gasteiger partial charge on any atom is -0.481 e. The molecular weight excluding hydrogens is 338 g/mol. The maximum Gasteiger partial charge on any atom is 0.316 e. The van der Waals surface area contributed by atoms with E-state index in [1.54, 1.807) is 12.4 Å². The van der Waals surface area contributed by atoms with Crippen LogP contribution < -0.4 is 19.1 Å². The predicted molar refractivity (Wildman–Crippen MR) is 92.8 cm³/mol. The quantitative estimate of drug-likeness (QED) is 0.804. The van der Waals surface area contributed by atoms with Gasteiger partial charge in [-0.15, -0.1) is 0 Å². The number of anilines is 1. The first kappa shape index (κ1) is 16.8. The number of nitrogens with zero attached hydrogens (tertiary/aromatic N) is 5. The van der Waals surface area contributed by atoms with Gasteiger partial charge in [-0.25, -0.2) is 15.0 Å². The Kier molecular flexibility index (Phi) is 4.23. The van der Waals surface area contributed by atoms with Gasteiger partial charge >= 0.3 is 6.01 Å². The molecule has 2 aromatic heterocycles. The Morgan fingerprint density at radius 1 is 1.12 bits per heavy atom. The molecule has 0 atom stereocenters. The van der Waals surface area contributed by atoms with E-state index in [4.69, 9.17) is 23.9 Å². The summed E-state index contributed by atoms with van der Waals surface area (Å²) in [6.07, 6.45) is 3.26. The number of morpholine rings is 1. The summed E-state index contributed by atoms with van der Waals surface area (Å²) in [5.41, 5.74) is 0.215. The maximum absolute atomic E-state index is 6.06. The predicted octanol–water partition coefficient (Wildman–Crippen LogP) is 1.33. The SMILES string of the molecule is COc1ncc(-c2nc3c(c(N4CCOCC4)n2)OCC(C)(C)O3)cn1. The molecule has 1 fully saturated rings. The van der Waals surface area contributed by atoms with Crippen molar-refractivity contribution < 1.29 is 18.9 Å². The van der Waals surface area contributed by atoms with E-state index in [2.05, 4.69) is 19.9 Å². The van der Waals surface area contributed by atoms with Gasteiger partial charge in [0, 0.05) is 25.5 Å². The lowest BCUT2D eigenvalue weighted by Crippen LogP contribution is -2.41. The molecule has 138 valence electrons. The van der Waals surface area contributed by atoms with E-state index in [9.17, 15) is 0 Å². The second kappa shape index (κ2) is 6.56. The van der Waals surface area contributed by atoms with Crippen LogP contribution in [0.25, 0.3) is 11.4 Å². The highest BCUT2D eigenvalue weighted by molar-refractivity contribution is 5.65. The molecule has 4 rings (SSSR count). The minimum absolute atomic E-state index is 0.292. The Labute approximate surface area is 151 Å². The molecule has 9 nitrogen and oxygen atoms in total. The fourth-order valence-electron chi connectivity index (χ4n) is 2.81. The van der Waals surface area contributed by atoms with Gasteiger partial charge in [-0.2, -0.15) is 4.98 Å². The van der Waals surface area contributed by atoms with Crippen LogP contribution in [0.2, 0.25) is 0 Å². The van der Waals surface area contributed by atoms with Crippen LogP contribution in [0, 0.1) is 0 Å². The third-order valence-electron chi connectivity index (χ3n) is 4.13. The number of aromatic nitrogens is 4. The van der Waals surface area contributed by atoms with Gasteiger partial charge in [0.25, 0.3) is 5.88 Å². The summed E-state index contributed by atoms with van der Waals surface area (Å²) in [6, 6.07) is 0.292. The molecule has 0 amide bonds. The summed E-state index contributed by atoms with van der Waals surface area (Å²) < 4.78 is 22.5. The van der Waals surface area contributed by atoms with Gasteiger partial charge in [-0.3, -0.25) is 0 Å². The summed E-state index contributed by atoms with van der Waals surface area (Å²) >= 11 is 0. The van der Waals surface area contributed by atoms with Crippen molar-refractivity contribution in [2.24, 2.45) is 0 Å². The summed E-state index contributed by atoms with van der Waals surface area (Å²) in [5.74, 6) is 2.20. The molecule has 1 saturated heterocycles. The van der Waals surface area contributed by atoms with Gasteiger partial charge in [0.1, 0.15) is 12.2 Å². The first-order valence-electron chi connectivity index (χ1n) is 8.49. The van der Waals surface area contributed by atoms with Crippen LogP contribution in [-0.2, 0) is 4.74 Å². The molecule has 0 radical (unpaired) electrons. The number of hydrogen-bond donors (Lipinski definition) is 0. The van der Waals surface area contributed by atoms with Gasteiger partial charge < -0.3 is 23.8 Å². The van der Waals surface area contributed by atoms with Crippen molar-refractivity contribution in [1.29, 1.82) is 0 Å². The Morgan fingerprint density at radius 3 is 2.54 bits per heavy atom. The molecule has 0 unspecified atom stereocenters. The zero-order valence-corrected chi connectivity index (χ0v) is 15.1. The second-order valence-electron chi connectivity index (χ2n) is 6.71. The van der Waals surface area contributed by atoms with E-state index in [1.165, 1.54) is 7.11 Å². The molecule has 0 bridgehead atoms. The fourth-order valence-corrected chi connectivity index (χ4v) is 2.81. The molecule has 9 heteroatoms. The fraction of sp³-hybridized carbons (Fsp3) is 0.529. The molecule has 2 aliphatic heterocycles. The van der Waals surface area contributed by atoms with Crippen LogP contribution in [0.1, 0.15) is 13.8 Å². The topological polar surface area (TPSA) is 91.7 Å². The van der Waals surface area contributed by atoms with Crippen LogP contribution in [0.4, 0.5) is 5.82 Å². The lowest BCUT2D eigenvalue weighted by molar-refractivity contribution is 0.0160. The van der Waals surface area contributed by atoms with E-state index in [-0.39, 0.29) is 0 Å². The van der Waals surface area contributed by atoms with E-state index >= 15 is 0 Å². The van der Waals surface area contributed by atoms with Crippen LogP contribution in [-0.4, -0.2) is 65.6 Å². The molecule has 0 spiro atoms. The number of fused-ring (bicyclic) bond motifs is 1. The van der Waals surface area contributed by atoms with Crippen LogP contribution in [0.3, 0.4) is 0 Å². The van der Waals surface area contributed by atoms with Crippen molar-refractivity contribution in [1.82, 2.24) is 19.9 Å². The van der Waals surface area contributed by atoms with Crippen molar-refractivity contribution in [2.75, 3.05) is 44.9 Å². The Balaban J connectivity index is 1.79. The van der Waals surface area contributed by atoms with E-state index in [1.807, 2.05) is 13.8 Å². The van der Waals surface area contributed by atoms with Gasteiger partial charge in [-0.1, -0.05) is 0 Å². The van der Waals surface area contributed by atoms with Crippen LogP contribution >= 0.6 is 0 Å². The standard InChI is InChI=1S/C17H21N5O4/c1-17(2)10-25-12-14(22-4-6-24-7-5-22)20-13(21-15(12)26-17)11-8-18-16(23-3)19-9-11/h8-9H,4-7,10H2,1-3H3. The lowest BCUT2D eigenvalue weighted by atomic mass is 10.1. The molecular formula is C17H21N5O4. The normalized spacial score (nSPS) is 18.5. The first-order valence-corrected chi connectivity index (χ1v) is 8.49. The number of hydrogen-bond acceptors (Lipinski definition) is 9. The van der Waals surface area contributed by atoms with E-state index in [0.29, 0.717) is 54.7 Å². The largest absolute Gasteiger partial charge is 0.481 e. The smallest absolute Gasteiger partial charge is 0.316 e.